The molecule has 0 aromatic carbocycles. The third kappa shape index (κ3) is 8.93. The van der Waals surface area contributed by atoms with Crippen LogP contribution in [0.1, 0.15) is 40.0 Å². The van der Waals surface area contributed by atoms with Gasteiger partial charge in [0.1, 0.15) is 0 Å². The first kappa shape index (κ1) is 20.2. The number of nitrogens with one attached hydrogen (secondary N) is 1. The molecule has 126 valence electrons. The minimum absolute atomic E-state index is 0.513. The molecule has 0 saturated carbocycles. The Bertz CT molecular complexity index is 396. The summed E-state index contributed by atoms with van der Waals surface area (Å²) in [7, 11) is -1.06. The SMILES string of the molecule is CCCCN(C)C(=NCCCN(CC)S(C)(=O)=O)NCC. The average Bonchev–Trinajstić information content (AvgIpc) is 2.42. The van der Waals surface area contributed by atoms with E-state index in [9.17, 15) is 8.42 Å². The molecule has 0 aromatic rings. The highest BCUT2D eigenvalue weighted by Crippen LogP contribution is 2.00. The molecule has 0 amide bonds. The van der Waals surface area contributed by atoms with E-state index in [-0.39, 0.29) is 0 Å². The fourth-order valence-electron chi connectivity index (χ4n) is 1.96. The Morgan fingerprint density at radius 3 is 2.29 bits per heavy atom. The van der Waals surface area contributed by atoms with Crippen molar-refractivity contribution in [3.8, 4) is 0 Å². The summed E-state index contributed by atoms with van der Waals surface area (Å²) in [6.45, 7) is 9.55. The van der Waals surface area contributed by atoms with Gasteiger partial charge in [0.2, 0.25) is 10.0 Å². The van der Waals surface area contributed by atoms with Crippen LogP contribution in [0.2, 0.25) is 0 Å². The summed E-state index contributed by atoms with van der Waals surface area (Å²) in [5.74, 6) is 0.897. The number of rotatable bonds is 10. The molecule has 0 radical (unpaired) electrons. The van der Waals surface area contributed by atoms with E-state index in [1.807, 2.05) is 20.9 Å². The Labute approximate surface area is 130 Å². The Morgan fingerprint density at radius 1 is 1.14 bits per heavy atom. The molecule has 0 atom stereocenters. The van der Waals surface area contributed by atoms with Crippen LogP contribution in [0.3, 0.4) is 0 Å². The quantitative estimate of drug-likeness (QED) is 0.375. The Balaban J connectivity index is 4.38. The first-order chi connectivity index (χ1) is 9.86. The summed E-state index contributed by atoms with van der Waals surface area (Å²) in [6.07, 6.45) is 4.28. The van der Waals surface area contributed by atoms with Gasteiger partial charge >= 0.3 is 0 Å². The number of hydrogen-bond donors (Lipinski definition) is 1. The van der Waals surface area contributed by atoms with Gasteiger partial charge in [0, 0.05) is 39.8 Å². The van der Waals surface area contributed by atoms with Gasteiger partial charge in [-0.2, -0.15) is 0 Å². The fourth-order valence-corrected chi connectivity index (χ4v) is 2.89. The molecule has 0 aromatic heterocycles. The summed E-state index contributed by atoms with van der Waals surface area (Å²) >= 11 is 0. The smallest absolute Gasteiger partial charge is 0.211 e. The number of aliphatic imine (C=N–C) groups is 1. The minimum atomic E-state index is -3.10. The van der Waals surface area contributed by atoms with Crippen molar-refractivity contribution in [1.82, 2.24) is 14.5 Å². The third-order valence-electron chi connectivity index (χ3n) is 3.19. The second kappa shape index (κ2) is 10.8. The highest BCUT2D eigenvalue weighted by atomic mass is 32.2. The number of guanidine groups is 1. The lowest BCUT2D eigenvalue weighted by Gasteiger charge is -2.22. The van der Waals surface area contributed by atoms with Crippen molar-refractivity contribution >= 4 is 16.0 Å². The van der Waals surface area contributed by atoms with E-state index >= 15 is 0 Å². The van der Waals surface area contributed by atoms with Crippen LogP contribution in [0.4, 0.5) is 0 Å². The van der Waals surface area contributed by atoms with Gasteiger partial charge in [-0.15, -0.1) is 0 Å². The van der Waals surface area contributed by atoms with Crippen molar-refractivity contribution in [2.24, 2.45) is 4.99 Å². The van der Waals surface area contributed by atoms with E-state index in [2.05, 4.69) is 22.1 Å². The molecule has 0 saturated heterocycles. The molecule has 0 rings (SSSR count). The molecule has 21 heavy (non-hydrogen) atoms. The van der Waals surface area contributed by atoms with Crippen LogP contribution >= 0.6 is 0 Å². The normalized spacial score (nSPS) is 12.8. The minimum Gasteiger partial charge on any atom is -0.357 e. The Kier molecular flexibility index (Phi) is 10.4. The number of sulfonamides is 1. The second-order valence-electron chi connectivity index (χ2n) is 5.12. The molecule has 1 N–H and O–H groups in total. The predicted molar refractivity (Wildman–Crippen MR) is 90.2 cm³/mol. The number of unbranched alkanes of at least 4 members (excludes halogenated alkanes) is 1. The lowest BCUT2D eigenvalue weighted by molar-refractivity contribution is 0.425. The topological polar surface area (TPSA) is 65.0 Å². The molecule has 0 aliphatic heterocycles. The van der Waals surface area contributed by atoms with E-state index in [1.54, 1.807) is 0 Å². The van der Waals surface area contributed by atoms with Crippen LogP contribution in [-0.4, -0.2) is 69.6 Å². The zero-order valence-electron chi connectivity index (χ0n) is 14.2. The molecule has 0 fully saturated rings. The molecule has 0 heterocycles. The maximum Gasteiger partial charge on any atom is 0.211 e. The molecule has 7 heteroatoms. The van der Waals surface area contributed by atoms with Gasteiger partial charge in [-0.05, 0) is 19.8 Å². The van der Waals surface area contributed by atoms with E-state index in [0.717, 1.165) is 38.3 Å². The van der Waals surface area contributed by atoms with Gasteiger partial charge in [-0.25, -0.2) is 12.7 Å². The summed E-state index contributed by atoms with van der Waals surface area (Å²) < 4.78 is 24.5. The lowest BCUT2D eigenvalue weighted by Crippen LogP contribution is -2.39. The molecular weight excluding hydrogens is 288 g/mol. The zero-order chi connectivity index (χ0) is 16.3. The van der Waals surface area contributed by atoms with Gasteiger partial charge in [0.05, 0.1) is 6.26 Å². The lowest BCUT2D eigenvalue weighted by atomic mass is 10.3. The van der Waals surface area contributed by atoms with Crippen LogP contribution in [0.15, 0.2) is 4.99 Å². The predicted octanol–water partition coefficient (Wildman–Crippen LogP) is 1.36. The second-order valence-corrected chi connectivity index (χ2v) is 7.10. The Morgan fingerprint density at radius 2 is 1.81 bits per heavy atom. The fraction of sp³-hybridized carbons (Fsp3) is 0.929. The summed E-state index contributed by atoms with van der Waals surface area (Å²) in [5.41, 5.74) is 0. The van der Waals surface area contributed by atoms with Gasteiger partial charge in [-0.1, -0.05) is 20.3 Å². The van der Waals surface area contributed by atoms with Crippen molar-refractivity contribution in [2.75, 3.05) is 46.0 Å². The largest absolute Gasteiger partial charge is 0.357 e. The van der Waals surface area contributed by atoms with Crippen LogP contribution in [0, 0.1) is 0 Å². The van der Waals surface area contributed by atoms with Crippen LogP contribution in [-0.2, 0) is 10.0 Å². The van der Waals surface area contributed by atoms with E-state index in [4.69, 9.17) is 0 Å². The summed E-state index contributed by atoms with van der Waals surface area (Å²) in [5, 5.41) is 3.27. The Hall–Kier alpha value is -0.820. The molecule has 6 nitrogen and oxygen atoms in total. The van der Waals surface area contributed by atoms with Gasteiger partial charge in [0.15, 0.2) is 5.96 Å². The van der Waals surface area contributed by atoms with Crippen LogP contribution in [0.25, 0.3) is 0 Å². The first-order valence-electron chi connectivity index (χ1n) is 7.81. The molecule has 0 aliphatic rings. The van der Waals surface area contributed by atoms with Crippen molar-refractivity contribution in [3.63, 3.8) is 0 Å². The average molecular weight is 321 g/mol. The molecule has 0 aliphatic carbocycles. The van der Waals surface area contributed by atoms with E-state index in [1.165, 1.54) is 10.6 Å². The molecule has 0 bridgehead atoms. The number of nitrogens with zero attached hydrogens (tertiary/aromatic N) is 3. The maximum atomic E-state index is 11.5. The monoisotopic (exact) mass is 320 g/mol. The summed E-state index contributed by atoms with van der Waals surface area (Å²) in [6, 6.07) is 0. The van der Waals surface area contributed by atoms with Gasteiger partial charge in [0.25, 0.3) is 0 Å². The molecule has 0 spiro atoms. The van der Waals surface area contributed by atoms with Crippen molar-refractivity contribution in [2.45, 2.75) is 40.0 Å². The third-order valence-corrected chi connectivity index (χ3v) is 4.57. The highest BCUT2D eigenvalue weighted by molar-refractivity contribution is 7.88. The van der Waals surface area contributed by atoms with Crippen LogP contribution in [0.5, 0.6) is 0 Å². The maximum absolute atomic E-state index is 11.5. The van der Waals surface area contributed by atoms with E-state index < -0.39 is 10.0 Å². The van der Waals surface area contributed by atoms with Gasteiger partial charge < -0.3 is 10.2 Å². The van der Waals surface area contributed by atoms with Crippen molar-refractivity contribution in [1.29, 1.82) is 0 Å². The van der Waals surface area contributed by atoms with Crippen LogP contribution < -0.4 is 5.32 Å². The number of hydrogen-bond acceptors (Lipinski definition) is 3. The molecular formula is C14H32N4O2S. The first-order valence-corrected chi connectivity index (χ1v) is 9.66. The van der Waals surface area contributed by atoms with Crippen molar-refractivity contribution < 1.29 is 8.42 Å². The van der Waals surface area contributed by atoms with Crippen molar-refractivity contribution in [3.05, 3.63) is 0 Å². The standard InChI is InChI=1S/C14H32N4O2S/c1-6-9-12-17(4)14(15-7-2)16-11-10-13-18(8-3)21(5,19)20/h6-13H2,1-5H3,(H,15,16). The van der Waals surface area contributed by atoms with Gasteiger partial charge in [-0.3, -0.25) is 4.99 Å². The highest BCUT2D eigenvalue weighted by Gasteiger charge is 2.13. The van der Waals surface area contributed by atoms with E-state index in [0.29, 0.717) is 19.6 Å². The summed E-state index contributed by atoms with van der Waals surface area (Å²) in [4.78, 5) is 6.69. The molecule has 0 unspecified atom stereocenters. The zero-order valence-corrected chi connectivity index (χ0v) is 15.0.